The van der Waals surface area contributed by atoms with Gasteiger partial charge in [0.25, 0.3) is 10.0 Å². The van der Waals surface area contributed by atoms with Crippen LogP contribution in [-0.2, 0) is 29.4 Å². The zero-order valence-corrected chi connectivity index (χ0v) is 21.9. The number of hydrogen-bond donors (Lipinski definition) is 0. The van der Waals surface area contributed by atoms with E-state index in [0.717, 1.165) is 17.5 Å². The zero-order valence-electron chi connectivity index (χ0n) is 21.1. The van der Waals surface area contributed by atoms with Crippen molar-refractivity contribution in [2.45, 2.75) is 38.1 Å². The Morgan fingerprint density at radius 3 is 2.19 bits per heavy atom. The Hall–Kier alpha value is -3.72. The molecule has 0 spiro atoms. The lowest BCUT2D eigenvalue weighted by Crippen LogP contribution is -2.31. The van der Waals surface area contributed by atoms with Gasteiger partial charge in [-0.05, 0) is 60.4 Å². The molecule has 0 saturated heterocycles. The third kappa shape index (κ3) is 4.70. The van der Waals surface area contributed by atoms with Gasteiger partial charge in [0.15, 0.2) is 11.4 Å². The summed E-state index contributed by atoms with van der Waals surface area (Å²) in [5.74, 6) is 1.53. The highest BCUT2D eigenvalue weighted by atomic mass is 32.2. The highest BCUT2D eigenvalue weighted by Gasteiger charge is 2.33. The van der Waals surface area contributed by atoms with Crippen LogP contribution in [0.4, 0.5) is 5.82 Å². The number of ether oxygens (including phenoxy) is 3. The maximum absolute atomic E-state index is 14.3. The molecule has 4 aromatic rings. The third-order valence-electron chi connectivity index (χ3n) is 6.17. The fraction of sp³-hybridized carbons (Fsp3) is 0.296. The van der Waals surface area contributed by atoms with Crippen LogP contribution in [0.3, 0.4) is 0 Å². The van der Waals surface area contributed by atoms with Gasteiger partial charge in [0, 0.05) is 11.6 Å². The van der Waals surface area contributed by atoms with Gasteiger partial charge in [-0.25, -0.2) is 12.7 Å². The summed E-state index contributed by atoms with van der Waals surface area (Å²) in [5.41, 5.74) is 3.08. The van der Waals surface area contributed by atoms with Crippen molar-refractivity contribution in [3.63, 3.8) is 0 Å². The number of sulfonamides is 1. The lowest BCUT2D eigenvalue weighted by Gasteiger charge is -2.24. The Bertz CT molecular complexity index is 1480. The first kappa shape index (κ1) is 25.4. The minimum Gasteiger partial charge on any atom is -0.497 e. The Labute approximate surface area is 211 Å². The van der Waals surface area contributed by atoms with Gasteiger partial charge in [0.1, 0.15) is 22.1 Å². The molecule has 0 fully saturated rings. The van der Waals surface area contributed by atoms with Crippen molar-refractivity contribution in [2.75, 3.05) is 25.6 Å². The monoisotopic (exact) mass is 510 g/mol. The molecular weight excluding hydrogens is 480 g/mol. The summed E-state index contributed by atoms with van der Waals surface area (Å²) in [5, 5.41) is 4.80. The minimum atomic E-state index is -4.15. The van der Waals surface area contributed by atoms with Crippen LogP contribution in [0.1, 0.15) is 30.5 Å². The van der Waals surface area contributed by atoms with Gasteiger partial charge in [-0.3, -0.25) is 0 Å². The maximum Gasteiger partial charge on any atom is 0.269 e. The normalized spacial score (nSPS) is 11.5. The van der Waals surface area contributed by atoms with Gasteiger partial charge >= 0.3 is 0 Å². The molecule has 0 saturated carbocycles. The van der Waals surface area contributed by atoms with Gasteiger partial charge in [-0.1, -0.05) is 31.1 Å². The molecule has 0 atom stereocenters. The second-order valence-electron chi connectivity index (χ2n) is 8.22. The Balaban J connectivity index is 1.93. The van der Waals surface area contributed by atoms with Crippen molar-refractivity contribution in [1.82, 2.24) is 5.16 Å². The van der Waals surface area contributed by atoms with Gasteiger partial charge in [0.2, 0.25) is 0 Å². The SMILES string of the molecule is CCc1ccc(OC)c(S(=O)(=O)N(Cc2ccc(OC)cc2OC)c2noc3cc(CC)ccc23)c1. The number of benzene rings is 3. The second-order valence-corrected chi connectivity index (χ2v) is 10.0. The van der Waals surface area contributed by atoms with Gasteiger partial charge in [-0.15, -0.1) is 0 Å². The van der Waals surface area contributed by atoms with Gasteiger partial charge < -0.3 is 18.7 Å². The van der Waals surface area contributed by atoms with Crippen molar-refractivity contribution in [3.05, 3.63) is 71.3 Å². The number of hydrogen-bond acceptors (Lipinski definition) is 7. The van der Waals surface area contributed by atoms with E-state index in [-0.39, 0.29) is 23.0 Å². The number of aryl methyl sites for hydroxylation is 2. The number of anilines is 1. The molecule has 0 aliphatic carbocycles. The third-order valence-corrected chi connectivity index (χ3v) is 7.93. The van der Waals surface area contributed by atoms with Crippen LogP contribution in [0.5, 0.6) is 17.2 Å². The summed E-state index contributed by atoms with van der Waals surface area (Å²) in [7, 11) is 0.397. The summed E-state index contributed by atoms with van der Waals surface area (Å²) in [6, 6.07) is 16.1. The Morgan fingerprint density at radius 2 is 1.53 bits per heavy atom. The summed E-state index contributed by atoms with van der Waals surface area (Å²) in [4.78, 5) is 0.0538. The second kappa shape index (κ2) is 10.5. The molecule has 3 aromatic carbocycles. The Morgan fingerprint density at radius 1 is 0.833 bits per heavy atom. The molecule has 4 rings (SSSR count). The molecule has 0 N–H and O–H groups in total. The number of methoxy groups -OCH3 is 3. The van der Waals surface area contributed by atoms with E-state index in [2.05, 4.69) is 5.16 Å². The van der Waals surface area contributed by atoms with Crippen LogP contribution in [0, 0.1) is 0 Å². The first-order valence-corrected chi connectivity index (χ1v) is 13.1. The molecule has 36 heavy (non-hydrogen) atoms. The molecule has 9 heteroatoms. The average Bonchev–Trinajstić information content (AvgIpc) is 3.33. The van der Waals surface area contributed by atoms with Crippen molar-refractivity contribution in [3.8, 4) is 17.2 Å². The van der Waals surface area contributed by atoms with Crippen LogP contribution in [0.25, 0.3) is 11.0 Å². The zero-order chi connectivity index (χ0) is 25.9. The van der Waals surface area contributed by atoms with Crippen molar-refractivity contribution < 1.29 is 27.2 Å². The van der Waals surface area contributed by atoms with E-state index in [1.165, 1.54) is 18.5 Å². The minimum absolute atomic E-state index is 0.0494. The number of rotatable bonds is 10. The Kier molecular flexibility index (Phi) is 7.40. The summed E-state index contributed by atoms with van der Waals surface area (Å²) >= 11 is 0. The van der Waals surface area contributed by atoms with Crippen LogP contribution in [0.2, 0.25) is 0 Å². The number of nitrogens with zero attached hydrogens (tertiary/aromatic N) is 2. The van der Waals surface area contributed by atoms with E-state index in [9.17, 15) is 8.42 Å². The molecule has 0 bridgehead atoms. The fourth-order valence-electron chi connectivity index (χ4n) is 4.04. The first-order chi connectivity index (χ1) is 17.4. The number of aromatic nitrogens is 1. The smallest absolute Gasteiger partial charge is 0.269 e. The van der Waals surface area contributed by atoms with E-state index >= 15 is 0 Å². The molecule has 0 radical (unpaired) electrons. The predicted octanol–water partition coefficient (Wildman–Crippen LogP) is 5.37. The van der Waals surface area contributed by atoms with E-state index in [1.54, 1.807) is 37.4 Å². The topological polar surface area (TPSA) is 91.1 Å². The van der Waals surface area contributed by atoms with Crippen LogP contribution in [-0.4, -0.2) is 34.9 Å². The largest absolute Gasteiger partial charge is 0.497 e. The number of fused-ring (bicyclic) bond motifs is 1. The summed E-state index contributed by atoms with van der Waals surface area (Å²) < 4.78 is 51.7. The van der Waals surface area contributed by atoms with E-state index < -0.39 is 10.0 Å². The molecule has 0 amide bonds. The van der Waals surface area contributed by atoms with Crippen LogP contribution >= 0.6 is 0 Å². The quantitative estimate of drug-likeness (QED) is 0.283. The van der Waals surface area contributed by atoms with Crippen LogP contribution in [0.15, 0.2) is 64.0 Å². The molecule has 1 aromatic heterocycles. The predicted molar refractivity (Wildman–Crippen MR) is 139 cm³/mol. The first-order valence-electron chi connectivity index (χ1n) is 11.6. The molecule has 190 valence electrons. The molecule has 0 aliphatic heterocycles. The van der Waals surface area contributed by atoms with Crippen molar-refractivity contribution in [1.29, 1.82) is 0 Å². The molecule has 0 aliphatic rings. The summed E-state index contributed by atoms with van der Waals surface area (Å²) in [6.45, 7) is 3.96. The lowest BCUT2D eigenvalue weighted by atomic mass is 10.1. The van der Waals surface area contributed by atoms with E-state index in [0.29, 0.717) is 34.5 Å². The molecular formula is C27H30N2O6S. The van der Waals surface area contributed by atoms with E-state index in [1.807, 2.05) is 38.1 Å². The van der Waals surface area contributed by atoms with Crippen molar-refractivity contribution in [2.24, 2.45) is 0 Å². The standard InChI is InChI=1S/C27H30N2O6S/c1-6-18-8-12-22-25(14-18)35-28-27(22)29(17-20-10-11-21(32-3)16-24(20)34-5)36(30,31)26-15-19(7-2)9-13-23(26)33-4/h8-16H,6-7,17H2,1-5H3. The lowest BCUT2D eigenvalue weighted by molar-refractivity contribution is 0.391. The molecule has 8 nitrogen and oxygen atoms in total. The average molecular weight is 511 g/mol. The maximum atomic E-state index is 14.3. The molecule has 1 heterocycles. The van der Waals surface area contributed by atoms with Crippen molar-refractivity contribution >= 4 is 26.8 Å². The highest BCUT2D eigenvalue weighted by Crippen LogP contribution is 2.37. The molecule has 0 unspecified atom stereocenters. The van der Waals surface area contributed by atoms with Gasteiger partial charge in [-0.2, -0.15) is 0 Å². The highest BCUT2D eigenvalue weighted by molar-refractivity contribution is 7.93. The summed E-state index contributed by atoms with van der Waals surface area (Å²) in [6.07, 6.45) is 1.49. The van der Waals surface area contributed by atoms with E-state index in [4.69, 9.17) is 18.7 Å². The fourth-order valence-corrected chi connectivity index (χ4v) is 5.65. The van der Waals surface area contributed by atoms with Crippen LogP contribution < -0.4 is 18.5 Å². The van der Waals surface area contributed by atoms with Gasteiger partial charge in [0.05, 0.1) is 33.3 Å².